The lowest BCUT2D eigenvalue weighted by atomic mass is 10.1. The molecule has 1 aliphatic heterocycles. The molecule has 1 aliphatic rings. The average molecular weight is 421 g/mol. The normalized spacial score (nSPS) is 15.3. The minimum atomic E-state index is -0.976. The summed E-state index contributed by atoms with van der Waals surface area (Å²) in [5, 5.41) is 5.02. The lowest BCUT2D eigenvalue weighted by molar-refractivity contribution is -0.142. The van der Waals surface area contributed by atoms with Crippen molar-refractivity contribution in [3.8, 4) is 0 Å². The van der Waals surface area contributed by atoms with Gasteiger partial charge in [-0.15, -0.1) is 0 Å². The van der Waals surface area contributed by atoms with Crippen LogP contribution in [0.15, 0.2) is 42.6 Å². The minimum Gasteiger partial charge on any atom is -0.444 e. The van der Waals surface area contributed by atoms with Gasteiger partial charge < -0.3 is 9.64 Å². The van der Waals surface area contributed by atoms with Crippen LogP contribution in [0.4, 0.5) is 0 Å². The standard InChI is InChI=1S/C24H28N4O3/c1-16(2)28-22-20(15-25-28)19(14-17(3)26-22)24(30)31-21(18-10-6-4-7-11-18)23(29)27-12-8-5-9-13-27/h4,6-7,10-11,14-16,21H,5,8-9,12-13H2,1-3H3/t21-/m0/s1. The first-order chi connectivity index (χ1) is 15.0. The van der Waals surface area contributed by atoms with Gasteiger partial charge in [-0.3, -0.25) is 4.79 Å². The molecule has 0 unspecified atom stereocenters. The number of benzene rings is 1. The lowest BCUT2D eigenvalue weighted by Crippen LogP contribution is -2.40. The summed E-state index contributed by atoms with van der Waals surface area (Å²) in [5.74, 6) is -0.711. The molecule has 1 atom stereocenters. The Morgan fingerprint density at radius 2 is 1.77 bits per heavy atom. The van der Waals surface area contributed by atoms with Gasteiger partial charge in [0.25, 0.3) is 5.91 Å². The summed E-state index contributed by atoms with van der Waals surface area (Å²) in [6.07, 6.45) is 3.73. The number of fused-ring (bicyclic) bond motifs is 1. The van der Waals surface area contributed by atoms with Crippen LogP contribution in [0.1, 0.15) is 66.9 Å². The van der Waals surface area contributed by atoms with Crippen LogP contribution in [-0.2, 0) is 9.53 Å². The summed E-state index contributed by atoms with van der Waals surface area (Å²) in [7, 11) is 0. The molecule has 0 aliphatic carbocycles. The quantitative estimate of drug-likeness (QED) is 0.577. The van der Waals surface area contributed by atoms with E-state index in [0.29, 0.717) is 40.9 Å². The molecule has 0 saturated carbocycles. The third kappa shape index (κ3) is 4.31. The number of carbonyl (C=O) groups excluding carboxylic acids is 2. The van der Waals surface area contributed by atoms with Gasteiger partial charge in [0, 0.05) is 30.4 Å². The molecule has 1 amide bonds. The first-order valence-corrected chi connectivity index (χ1v) is 10.9. The Kier molecular flexibility index (Phi) is 6.02. The van der Waals surface area contributed by atoms with Crippen LogP contribution in [0.25, 0.3) is 11.0 Å². The fourth-order valence-electron chi connectivity index (χ4n) is 4.03. The predicted molar refractivity (Wildman–Crippen MR) is 118 cm³/mol. The molecule has 7 nitrogen and oxygen atoms in total. The topological polar surface area (TPSA) is 77.3 Å². The van der Waals surface area contributed by atoms with Crippen LogP contribution in [-0.4, -0.2) is 44.6 Å². The summed E-state index contributed by atoms with van der Waals surface area (Å²) >= 11 is 0. The van der Waals surface area contributed by atoms with Crippen molar-refractivity contribution in [2.24, 2.45) is 0 Å². The molecule has 1 fully saturated rings. The van der Waals surface area contributed by atoms with Gasteiger partial charge in [0.1, 0.15) is 0 Å². The number of piperidine rings is 1. The van der Waals surface area contributed by atoms with Crippen LogP contribution in [0.3, 0.4) is 0 Å². The predicted octanol–water partition coefficient (Wildman–Crippen LogP) is 4.23. The number of carbonyl (C=O) groups is 2. The minimum absolute atomic E-state index is 0.105. The molecule has 0 spiro atoms. The van der Waals surface area contributed by atoms with Gasteiger partial charge in [-0.05, 0) is 46.1 Å². The maximum atomic E-state index is 13.3. The van der Waals surface area contributed by atoms with Crippen molar-refractivity contribution in [1.29, 1.82) is 0 Å². The summed E-state index contributed by atoms with van der Waals surface area (Å²) in [5.41, 5.74) is 2.38. The zero-order valence-corrected chi connectivity index (χ0v) is 18.2. The second kappa shape index (κ2) is 8.88. The third-order valence-electron chi connectivity index (χ3n) is 5.62. The zero-order chi connectivity index (χ0) is 22.0. The van der Waals surface area contributed by atoms with Crippen molar-refractivity contribution >= 4 is 22.9 Å². The Hall–Kier alpha value is -3.22. The van der Waals surface area contributed by atoms with E-state index in [1.807, 2.05) is 51.1 Å². The van der Waals surface area contributed by atoms with Crippen molar-refractivity contribution in [1.82, 2.24) is 19.7 Å². The Balaban J connectivity index is 1.69. The highest BCUT2D eigenvalue weighted by Gasteiger charge is 2.31. The fourth-order valence-corrected chi connectivity index (χ4v) is 4.03. The summed E-state index contributed by atoms with van der Waals surface area (Å²) < 4.78 is 7.66. The van der Waals surface area contributed by atoms with Gasteiger partial charge in [0.2, 0.25) is 6.10 Å². The van der Waals surface area contributed by atoms with Crippen molar-refractivity contribution in [2.45, 2.75) is 52.2 Å². The molecule has 0 radical (unpaired) electrons. The van der Waals surface area contributed by atoms with E-state index >= 15 is 0 Å². The monoisotopic (exact) mass is 420 g/mol. The maximum Gasteiger partial charge on any atom is 0.340 e. The van der Waals surface area contributed by atoms with Crippen LogP contribution in [0, 0.1) is 6.92 Å². The van der Waals surface area contributed by atoms with Gasteiger partial charge in [-0.25, -0.2) is 14.5 Å². The SMILES string of the molecule is Cc1cc(C(=O)O[C@H](C(=O)N2CCCCC2)c2ccccc2)c2cnn(C(C)C)c2n1. The van der Waals surface area contributed by atoms with Crippen LogP contribution in [0.2, 0.25) is 0 Å². The van der Waals surface area contributed by atoms with Gasteiger partial charge in [-0.2, -0.15) is 5.10 Å². The Morgan fingerprint density at radius 3 is 2.45 bits per heavy atom. The van der Waals surface area contributed by atoms with Crippen molar-refractivity contribution in [2.75, 3.05) is 13.1 Å². The molecule has 162 valence electrons. The maximum absolute atomic E-state index is 13.3. The van der Waals surface area contributed by atoms with E-state index in [-0.39, 0.29) is 11.9 Å². The molecule has 3 aromatic rings. The van der Waals surface area contributed by atoms with Gasteiger partial charge in [0.15, 0.2) is 5.65 Å². The van der Waals surface area contributed by atoms with Gasteiger partial charge in [-0.1, -0.05) is 30.3 Å². The number of amides is 1. The number of aryl methyl sites for hydroxylation is 1. The van der Waals surface area contributed by atoms with E-state index in [9.17, 15) is 9.59 Å². The van der Waals surface area contributed by atoms with Crippen LogP contribution >= 0.6 is 0 Å². The smallest absolute Gasteiger partial charge is 0.340 e. The highest BCUT2D eigenvalue weighted by atomic mass is 16.5. The number of pyridine rings is 1. The number of likely N-dealkylation sites (tertiary alicyclic amines) is 1. The second-order valence-corrected chi connectivity index (χ2v) is 8.31. The molecule has 2 aromatic heterocycles. The number of hydrogen-bond donors (Lipinski definition) is 0. The van der Waals surface area contributed by atoms with E-state index < -0.39 is 12.1 Å². The highest BCUT2D eigenvalue weighted by molar-refractivity contribution is 6.03. The number of ether oxygens (including phenoxy) is 1. The van der Waals surface area contributed by atoms with E-state index in [0.717, 1.165) is 19.3 Å². The average Bonchev–Trinajstić information content (AvgIpc) is 3.21. The molecule has 3 heterocycles. The Labute approximate surface area is 182 Å². The number of esters is 1. The molecular formula is C24H28N4O3. The molecule has 7 heteroatoms. The van der Waals surface area contributed by atoms with E-state index in [1.165, 1.54) is 0 Å². The molecule has 0 N–H and O–H groups in total. The second-order valence-electron chi connectivity index (χ2n) is 8.31. The van der Waals surface area contributed by atoms with E-state index in [4.69, 9.17) is 4.74 Å². The molecule has 0 bridgehead atoms. The van der Waals surface area contributed by atoms with Crippen LogP contribution < -0.4 is 0 Å². The van der Waals surface area contributed by atoms with Crippen molar-refractivity contribution in [3.63, 3.8) is 0 Å². The number of aromatic nitrogens is 3. The highest BCUT2D eigenvalue weighted by Crippen LogP contribution is 2.27. The van der Waals surface area contributed by atoms with Crippen LogP contribution in [0.5, 0.6) is 0 Å². The molecule has 1 saturated heterocycles. The first-order valence-electron chi connectivity index (χ1n) is 10.9. The first kappa shape index (κ1) is 21.0. The summed E-state index contributed by atoms with van der Waals surface area (Å²) in [6, 6.07) is 11.0. The lowest BCUT2D eigenvalue weighted by Gasteiger charge is -2.30. The largest absolute Gasteiger partial charge is 0.444 e. The van der Waals surface area contributed by atoms with Crippen molar-refractivity contribution in [3.05, 3.63) is 59.4 Å². The summed E-state index contributed by atoms with van der Waals surface area (Å²) in [6.45, 7) is 7.24. The molecule has 1 aromatic carbocycles. The number of hydrogen-bond acceptors (Lipinski definition) is 5. The van der Waals surface area contributed by atoms with E-state index in [1.54, 1.807) is 21.8 Å². The molecule has 31 heavy (non-hydrogen) atoms. The Morgan fingerprint density at radius 1 is 1.06 bits per heavy atom. The van der Waals surface area contributed by atoms with Gasteiger partial charge in [0.05, 0.1) is 17.1 Å². The summed E-state index contributed by atoms with van der Waals surface area (Å²) in [4.78, 5) is 33.0. The molecule has 4 rings (SSSR count). The fraction of sp³-hybridized carbons (Fsp3) is 0.417. The van der Waals surface area contributed by atoms with Crippen molar-refractivity contribution < 1.29 is 14.3 Å². The Bertz CT molecular complexity index is 1080. The molecular weight excluding hydrogens is 392 g/mol. The van der Waals surface area contributed by atoms with Gasteiger partial charge >= 0.3 is 5.97 Å². The van der Waals surface area contributed by atoms with E-state index in [2.05, 4.69) is 10.1 Å². The zero-order valence-electron chi connectivity index (χ0n) is 18.2. The number of rotatable bonds is 5. The number of nitrogens with zero attached hydrogens (tertiary/aromatic N) is 4. The third-order valence-corrected chi connectivity index (χ3v) is 5.62.